The molecule has 1 aliphatic rings. The maximum atomic E-state index is 12.8. The zero-order valence-corrected chi connectivity index (χ0v) is 12.4. The number of rotatable bonds is 4. The number of carbonyl (C=O) groups excluding carboxylic acids is 2. The Morgan fingerprint density at radius 1 is 1.13 bits per heavy atom. The van der Waals surface area contributed by atoms with E-state index < -0.39 is 17.4 Å². The van der Waals surface area contributed by atoms with Gasteiger partial charge in [-0.3, -0.25) is 9.78 Å². The fourth-order valence-electron chi connectivity index (χ4n) is 2.42. The fourth-order valence-corrected chi connectivity index (χ4v) is 2.42. The summed E-state index contributed by atoms with van der Waals surface area (Å²) in [6.07, 6.45) is 1.58. The Balaban J connectivity index is 1.95. The smallest absolute Gasteiger partial charge is 0.361 e. The summed E-state index contributed by atoms with van der Waals surface area (Å²) in [6, 6.07) is 13.8. The number of pyridine rings is 1. The van der Waals surface area contributed by atoms with E-state index in [1.807, 2.05) is 0 Å². The lowest BCUT2D eigenvalue weighted by atomic mass is 9.87. The van der Waals surface area contributed by atoms with Gasteiger partial charge in [0.05, 0.1) is 19.2 Å². The summed E-state index contributed by atoms with van der Waals surface area (Å²) in [5.41, 5.74) is -0.460. The van der Waals surface area contributed by atoms with Crippen molar-refractivity contribution in [3.05, 3.63) is 66.0 Å². The van der Waals surface area contributed by atoms with E-state index in [-0.39, 0.29) is 6.42 Å². The van der Waals surface area contributed by atoms with Gasteiger partial charge >= 0.3 is 11.6 Å². The van der Waals surface area contributed by atoms with Crippen molar-refractivity contribution in [2.24, 2.45) is 5.16 Å². The molecule has 116 valence electrons. The van der Waals surface area contributed by atoms with Crippen LogP contribution in [-0.2, 0) is 14.4 Å². The Bertz CT molecular complexity index is 759. The lowest BCUT2D eigenvalue weighted by molar-refractivity contribution is -0.160. The van der Waals surface area contributed by atoms with Crippen molar-refractivity contribution in [2.45, 2.75) is 12.0 Å². The molecule has 0 spiro atoms. The standard InChI is InChI=1S/C17H14N2O4/c1-22-16(21)17(15(20)12-7-3-2-4-8-12)11-14(19-23-17)13-9-5-6-10-18-13/h2-10H,11H2,1H3. The molecular weight excluding hydrogens is 296 g/mol. The van der Waals surface area contributed by atoms with Crippen molar-refractivity contribution < 1.29 is 19.2 Å². The third kappa shape index (κ3) is 2.59. The molecule has 23 heavy (non-hydrogen) atoms. The second-order valence-electron chi connectivity index (χ2n) is 5.03. The zero-order chi connectivity index (χ0) is 16.3. The molecule has 0 amide bonds. The maximum Gasteiger partial charge on any atom is 0.361 e. The fraction of sp³-hybridized carbons (Fsp3) is 0.176. The number of ketones is 1. The van der Waals surface area contributed by atoms with Gasteiger partial charge in [0, 0.05) is 11.8 Å². The molecule has 2 aromatic rings. The van der Waals surface area contributed by atoms with E-state index in [0.29, 0.717) is 17.0 Å². The molecule has 0 aliphatic carbocycles. The molecule has 1 aromatic carbocycles. The van der Waals surface area contributed by atoms with Gasteiger partial charge in [-0.1, -0.05) is 41.6 Å². The number of benzene rings is 1. The normalized spacial score (nSPS) is 19.6. The first kappa shape index (κ1) is 14.9. The molecule has 0 bridgehead atoms. The number of ether oxygens (including phenoxy) is 1. The van der Waals surface area contributed by atoms with Crippen LogP contribution < -0.4 is 0 Å². The molecule has 0 fully saturated rings. The average Bonchev–Trinajstić information content (AvgIpc) is 3.08. The summed E-state index contributed by atoms with van der Waals surface area (Å²) < 4.78 is 4.79. The van der Waals surface area contributed by atoms with Crippen LogP contribution in [0.25, 0.3) is 0 Å². The molecule has 6 nitrogen and oxygen atoms in total. The largest absolute Gasteiger partial charge is 0.466 e. The maximum absolute atomic E-state index is 12.8. The van der Waals surface area contributed by atoms with Crippen LogP contribution in [0.5, 0.6) is 0 Å². The molecule has 0 saturated heterocycles. The zero-order valence-electron chi connectivity index (χ0n) is 12.4. The molecule has 2 heterocycles. The lowest BCUT2D eigenvalue weighted by Crippen LogP contribution is -2.47. The van der Waals surface area contributed by atoms with E-state index in [1.165, 1.54) is 7.11 Å². The number of Topliss-reactive ketones (excluding diaryl/α,β-unsaturated/α-hetero) is 1. The van der Waals surface area contributed by atoms with Crippen LogP contribution in [0.4, 0.5) is 0 Å². The van der Waals surface area contributed by atoms with E-state index in [4.69, 9.17) is 9.57 Å². The van der Waals surface area contributed by atoms with E-state index in [2.05, 4.69) is 10.1 Å². The molecule has 6 heteroatoms. The van der Waals surface area contributed by atoms with Gasteiger partial charge in [-0.25, -0.2) is 4.79 Å². The topological polar surface area (TPSA) is 77.9 Å². The van der Waals surface area contributed by atoms with Crippen molar-refractivity contribution in [1.29, 1.82) is 0 Å². The molecule has 0 radical (unpaired) electrons. The quantitative estimate of drug-likeness (QED) is 0.490. The number of nitrogens with zero attached hydrogens (tertiary/aromatic N) is 2. The molecule has 3 rings (SSSR count). The van der Waals surface area contributed by atoms with Gasteiger partial charge < -0.3 is 9.57 Å². The summed E-state index contributed by atoms with van der Waals surface area (Å²) in [5.74, 6) is -1.26. The predicted octanol–water partition coefficient (Wildman–Crippen LogP) is 2.00. The van der Waals surface area contributed by atoms with Gasteiger partial charge in [0.1, 0.15) is 5.71 Å². The summed E-state index contributed by atoms with van der Waals surface area (Å²) in [4.78, 5) is 34.6. The molecule has 1 aromatic heterocycles. The van der Waals surface area contributed by atoms with Gasteiger partial charge in [0.2, 0.25) is 5.78 Å². The minimum Gasteiger partial charge on any atom is -0.466 e. The van der Waals surface area contributed by atoms with Gasteiger partial charge in [-0.05, 0) is 12.1 Å². The average molecular weight is 310 g/mol. The van der Waals surface area contributed by atoms with Crippen LogP contribution in [0.3, 0.4) is 0 Å². The molecule has 1 atom stereocenters. The van der Waals surface area contributed by atoms with E-state index in [1.54, 1.807) is 54.7 Å². The number of methoxy groups -OCH3 is 1. The Morgan fingerprint density at radius 3 is 2.52 bits per heavy atom. The Kier molecular flexibility index (Phi) is 3.89. The molecule has 1 aliphatic heterocycles. The first-order valence-electron chi connectivity index (χ1n) is 7.02. The van der Waals surface area contributed by atoms with Crippen LogP contribution in [-0.4, -0.2) is 35.2 Å². The third-order valence-electron chi connectivity index (χ3n) is 3.61. The molecule has 0 saturated carbocycles. The van der Waals surface area contributed by atoms with Gasteiger partial charge in [-0.2, -0.15) is 0 Å². The number of oxime groups is 1. The molecular formula is C17H14N2O4. The second-order valence-corrected chi connectivity index (χ2v) is 5.03. The Hall–Kier alpha value is -3.02. The van der Waals surface area contributed by atoms with Crippen LogP contribution in [0.15, 0.2) is 59.9 Å². The highest BCUT2D eigenvalue weighted by Gasteiger charge is 2.55. The first-order chi connectivity index (χ1) is 11.2. The van der Waals surface area contributed by atoms with Crippen LogP contribution in [0, 0.1) is 0 Å². The second kappa shape index (κ2) is 6.00. The van der Waals surface area contributed by atoms with E-state index >= 15 is 0 Å². The van der Waals surface area contributed by atoms with Gasteiger partial charge in [0.15, 0.2) is 0 Å². The summed E-state index contributed by atoms with van der Waals surface area (Å²) in [6.45, 7) is 0. The van der Waals surface area contributed by atoms with E-state index in [0.717, 1.165) is 0 Å². The molecule has 1 unspecified atom stereocenters. The number of hydrogen-bond acceptors (Lipinski definition) is 6. The van der Waals surface area contributed by atoms with Crippen molar-refractivity contribution in [1.82, 2.24) is 4.98 Å². The van der Waals surface area contributed by atoms with Crippen LogP contribution >= 0.6 is 0 Å². The molecule has 0 N–H and O–H groups in total. The summed E-state index contributed by atoms with van der Waals surface area (Å²) in [7, 11) is 1.21. The highest BCUT2D eigenvalue weighted by Crippen LogP contribution is 2.31. The summed E-state index contributed by atoms with van der Waals surface area (Å²) >= 11 is 0. The van der Waals surface area contributed by atoms with Gasteiger partial charge in [-0.15, -0.1) is 0 Å². The predicted molar refractivity (Wildman–Crippen MR) is 82.0 cm³/mol. The number of carbonyl (C=O) groups is 2. The Morgan fingerprint density at radius 2 is 1.87 bits per heavy atom. The van der Waals surface area contributed by atoms with Crippen LogP contribution in [0.2, 0.25) is 0 Å². The van der Waals surface area contributed by atoms with Crippen molar-refractivity contribution in [3.63, 3.8) is 0 Å². The van der Waals surface area contributed by atoms with Gasteiger partial charge in [0.25, 0.3) is 0 Å². The minimum atomic E-state index is -1.80. The van der Waals surface area contributed by atoms with E-state index in [9.17, 15) is 9.59 Å². The minimum absolute atomic E-state index is 0.0234. The van der Waals surface area contributed by atoms with Crippen molar-refractivity contribution >= 4 is 17.5 Å². The number of hydrogen-bond donors (Lipinski definition) is 0. The number of esters is 1. The highest BCUT2D eigenvalue weighted by molar-refractivity contribution is 6.20. The SMILES string of the molecule is COC(=O)C1(C(=O)c2ccccc2)CC(c2ccccn2)=NO1. The van der Waals surface area contributed by atoms with Crippen LogP contribution in [0.1, 0.15) is 22.5 Å². The first-order valence-corrected chi connectivity index (χ1v) is 7.02. The number of aromatic nitrogens is 1. The van der Waals surface area contributed by atoms with Crippen molar-refractivity contribution in [2.75, 3.05) is 7.11 Å². The monoisotopic (exact) mass is 310 g/mol. The highest BCUT2D eigenvalue weighted by atomic mass is 16.7. The lowest BCUT2D eigenvalue weighted by Gasteiger charge is -2.21. The summed E-state index contributed by atoms with van der Waals surface area (Å²) in [5, 5.41) is 3.91. The van der Waals surface area contributed by atoms with Crippen molar-refractivity contribution in [3.8, 4) is 0 Å². The third-order valence-corrected chi connectivity index (χ3v) is 3.61. The Labute approximate surface area is 132 Å².